The van der Waals surface area contributed by atoms with Crippen molar-refractivity contribution >= 4 is 11.6 Å². The molecule has 0 radical (unpaired) electrons. The molecule has 6 heteroatoms. The molecule has 2 rings (SSSR count). The van der Waals surface area contributed by atoms with Crippen molar-refractivity contribution < 1.29 is 18.0 Å². The van der Waals surface area contributed by atoms with Gasteiger partial charge in [-0.1, -0.05) is 6.92 Å². The number of hydrogen-bond donors (Lipinski definition) is 2. The van der Waals surface area contributed by atoms with Crippen LogP contribution < -0.4 is 10.6 Å². The first-order valence-corrected chi connectivity index (χ1v) is 6.15. The average Bonchev–Trinajstić information content (AvgIpc) is 2.83. The Kier molecular flexibility index (Phi) is 3.80. The number of carbonyl (C=O) groups excluding carboxylic acids is 1. The quantitative estimate of drug-likeness (QED) is 0.887. The Labute approximate surface area is 109 Å². The molecule has 1 fully saturated rings. The fourth-order valence-corrected chi connectivity index (χ4v) is 2.31. The summed E-state index contributed by atoms with van der Waals surface area (Å²) < 4.78 is 39.7. The smallest absolute Gasteiger partial charge is 0.232 e. The number of nitrogens with one attached hydrogen (secondary N) is 2. The highest BCUT2D eigenvalue weighted by atomic mass is 19.1. The molecule has 1 amide bonds. The Morgan fingerprint density at radius 2 is 2.00 bits per heavy atom. The van der Waals surface area contributed by atoms with Crippen LogP contribution in [0.5, 0.6) is 0 Å². The fraction of sp³-hybridized carbons (Fsp3) is 0.462. The van der Waals surface area contributed by atoms with Crippen LogP contribution in [0.3, 0.4) is 0 Å². The molecule has 2 N–H and O–H groups in total. The van der Waals surface area contributed by atoms with E-state index in [1.54, 1.807) is 0 Å². The Morgan fingerprint density at radius 1 is 1.37 bits per heavy atom. The maximum atomic E-state index is 13.5. The number of anilines is 1. The first kappa shape index (κ1) is 13.9. The number of halogens is 3. The molecule has 1 aromatic rings. The highest BCUT2D eigenvalue weighted by Crippen LogP contribution is 2.32. The van der Waals surface area contributed by atoms with Gasteiger partial charge >= 0.3 is 0 Å². The zero-order valence-electron chi connectivity index (χ0n) is 10.5. The largest absolute Gasteiger partial charge is 0.321 e. The summed E-state index contributed by atoms with van der Waals surface area (Å²) in [5, 5.41) is 5.30. The molecule has 1 aliphatic heterocycles. The molecule has 0 saturated carbocycles. The minimum atomic E-state index is -1.11. The third-order valence-corrected chi connectivity index (χ3v) is 3.65. The first-order chi connectivity index (χ1) is 8.98. The average molecular weight is 272 g/mol. The van der Waals surface area contributed by atoms with E-state index in [2.05, 4.69) is 10.6 Å². The molecule has 1 heterocycles. The van der Waals surface area contributed by atoms with Crippen molar-refractivity contribution in [2.24, 2.45) is 5.41 Å². The van der Waals surface area contributed by atoms with Gasteiger partial charge in [-0.25, -0.2) is 13.2 Å². The molecule has 1 aliphatic rings. The Morgan fingerprint density at radius 3 is 2.47 bits per heavy atom. The van der Waals surface area contributed by atoms with Crippen LogP contribution in [0, 0.1) is 22.9 Å². The van der Waals surface area contributed by atoms with E-state index in [0.29, 0.717) is 38.1 Å². The summed E-state index contributed by atoms with van der Waals surface area (Å²) in [6.45, 7) is 3.01. The summed E-state index contributed by atoms with van der Waals surface area (Å²) in [7, 11) is 0. The maximum Gasteiger partial charge on any atom is 0.232 e. The number of carbonyl (C=O) groups is 1. The molecule has 0 spiro atoms. The summed E-state index contributed by atoms with van der Waals surface area (Å²) in [4.78, 5) is 12.2. The first-order valence-electron chi connectivity index (χ1n) is 6.15. The summed E-state index contributed by atoms with van der Waals surface area (Å²) in [6.07, 6.45) is 1.18. The van der Waals surface area contributed by atoms with E-state index >= 15 is 0 Å². The third-order valence-electron chi connectivity index (χ3n) is 3.65. The zero-order chi connectivity index (χ0) is 14.0. The molecule has 19 heavy (non-hydrogen) atoms. The van der Waals surface area contributed by atoms with Gasteiger partial charge in [0.1, 0.15) is 11.5 Å². The van der Waals surface area contributed by atoms with Gasteiger partial charge in [-0.2, -0.15) is 0 Å². The zero-order valence-corrected chi connectivity index (χ0v) is 10.5. The Hall–Kier alpha value is -1.56. The fourth-order valence-electron chi connectivity index (χ4n) is 2.31. The lowest BCUT2D eigenvalue weighted by Crippen LogP contribution is -2.38. The van der Waals surface area contributed by atoms with Crippen LogP contribution in [-0.4, -0.2) is 19.0 Å². The molecule has 1 aromatic carbocycles. The topological polar surface area (TPSA) is 41.1 Å². The molecule has 0 bridgehead atoms. The minimum absolute atomic E-state index is 0.440. The number of amides is 1. The number of hydrogen-bond acceptors (Lipinski definition) is 2. The van der Waals surface area contributed by atoms with Gasteiger partial charge in [-0.05, 0) is 19.4 Å². The van der Waals surface area contributed by atoms with E-state index in [1.807, 2.05) is 6.92 Å². The van der Waals surface area contributed by atoms with Crippen LogP contribution in [0.4, 0.5) is 18.9 Å². The van der Waals surface area contributed by atoms with E-state index in [-0.39, 0.29) is 0 Å². The number of benzene rings is 1. The molecule has 1 unspecified atom stereocenters. The second-order valence-electron chi connectivity index (χ2n) is 4.76. The lowest BCUT2D eigenvalue weighted by atomic mass is 9.83. The van der Waals surface area contributed by atoms with Crippen molar-refractivity contribution in [3.05, 3.63) is 29.6 Å². The van der Waals surface area contributed by atoms with E-state index in [0.717, 1.165) is 0 Å². The van der Waals surface area contributed by atoms with Crippen molar-refractivity contribution in [2.45, 2.75) is 19.8 Å². The van der Waals surface area contributed by atoms with Gasteiger partial charge < -0.3 is 10.6 Å². The molecule has 1 saturated heterocycles. The molecule has 1 atom stereocenters. The van der Waals surface area contributed by atoms with Gasteiger partial charge in [0, 0.05) is 18.7 Å². The van der Waals surface area contributed by atoms with Gasteiger partial charge in [0.25, 0.3) is 0 Å². The van der Waals surface area contributed by atoms with Crippen LogP contribution in [0.15, 0.2) is 12.1 Å². The Bertz CT molecular complexity index is 476. The van der Waals surface area contributed by atoms with Gasteiger partial charge in [-0.15, -0.1) is 0 Å². The maximum absolute atomic E-state index is 13.5. The van der Waals surface area contributed by atoms with Crippen LogP contribution in [-0.2, 0) is 4.79 Å². The molecular formula is C13H15F3N2O. The van der Waals surface area contributed by atoms with Crippen molar-refractivity contribution in [2.75, 3.05) is 18.4 Å². The summed E-state index contributed by atoms with van der Waals surface area (Å²) in [5.74, 6) is -3.67. The van der Waals surface area contributed by atoms with Crippen molar-refractivity contribution in [3.63, 3.8) is 0 Å². The van der Waals surface area contributed by atoms with Crippen molar-refractivity contribution in [3.8, 4) is 0 Å². The van der Waals surface area contributed by atoms with Gasteiger partial charge in [-0.3, -0.25) is 4.79 Å². The van der Waals surface area contributed by atoms with Crippen LogP contribution in [0.2, 0.25) is 0 Å². The van der Waals surface area contributed by atoms with Crippen LogP contribution in [0.25, 0.3) is 0 Å². The van der Waals surface area contributed by atoms with Gasteiger partial charge in [0.15, 0.2) is 11.6 Å². The Balaban J connectivity index is 2.24. The monoisotopic (exact) mass is 272 g/mol. The molecular weight excluding hydrogens is 257 g/mol. The van der Waals surface area contributed by atoms with Gasteiger partial charge in [0.05, 0.1) is 5.41 Å². The lowest BCUT2D eigenvalue weighted by molar-refractivity contribution is -0.124. The highest BCUT2D eigenvalue weighted by molar-refractivity contribution is 5.96. The van der Waals surface area contributed by atoms with E-state index in [1.165, 1.54) is 0 Å². The van der Waals surface area contributed by atoms with E-state index in [4.69, 9.17) is 0 Å². The van der Waals surface area contributed by atoms with Crippen molar-refractivity contribution in [1.29, 1.82) is 0 Å². The summed E-state index contributed by atoms with van der Waals surface area (Å²) in [6, 6.07) is 1.09. The molecule has 3 nitrogen and oxygen atoms in total. The standard InChI is InChI=1S/C13H15F3N2O/c1-2-13(3-4-17-7-13)12(19)18-11-9(15)5-8(14)6-10(11)16/h5-6,17H,2-4,7H2,1H3,(H,18,19). The van der Waals surface area contributed by atoms with Crippen LogP contribution >= 0.6 is 0 Å². The second-order valence-corrected chi connectivity index (χ2v) is 4.76. The van der Waals surface area contributed by atoms with E-state index in [9.17, 15) is 18.0 Å². The van der Waals surface area contributed by atoms with Gasteiger partial charge in [0.2, 0.25) is 5.91 Å². The predicted octanol–water partition coefficient (Wildman–Crippen LogP) is 2.43. The number of rotatable bonds is 3. The predicted molar refractivity (Wildman–Crippen MR) is 65.2 cm³/mol. The SMILES string of the molecule is CCC1(C(=O)Nc2c(F)cc(F)cc2F)CCNC1. The molecule has 0 aromatic heterocycles. The van der Waals surface area contributed by atoms with E-state index < -0.39 is 34.5 Å². The lowest BCUT2D eigenvalue weighted by Gasteiger charge is -2.25. The highest BCUT2D eigenvalue weighted by Gasteiger charge is 2.40. The summed E-state index contributed by atoms with van der Waals surface area (Å²) >= 11 is 0. The minimum Gasteiger partial charge on any atom is -0.321 e. The summed E-state index contributed by atoms with van der Waals surface area (Å²) in [5.41, 5.74) is -1.25. The molecule has 104 valence electrons. The van der Waals surface area contributed by atoms with Crippen molar-refractivity contribution in [1.82, 2.24) is 5.32 Å². The van der Waals surface area contributed by atoms with Crippen LogP contribution in [0.1, 0.15) is 19.8 Å². The normalized spacial score (nSPS) is 22.5. The molecule has 0 aliphatic carbocycles. The second kappa shape index (κ2) is 5.21. The third kappa shape index (κ3) is 2.58.